The number of hydrogen-bond acceptors (Lipinski definition) is 1. The van der Waals surface area contributed by atoms with E-state index < -0.39 is 0 Å². The van der Waals surface area contributed by atoms with Gasteiger partial charge in [-0.25, -0.2) is 0 Å². The highest BCUT2D eigenvalue weighted by Gasteiger charge is 2.21. The van der Waals surface area contributed by atoms with Crippen molar-refractivity contribution in [3.8, 4) is 39.1 Å². The van der Waals surface area contributed by atoms with Crippen LogP contribution < -0.4 is 15.3 Å². The van der Waals surface area contributed by atoms with Crippen molar-refractivity contribution in [3.63, 3.8) is 0 Å². The second kappa shape index (κ2) is 12.9. The molecule has 50 heavy (non-hydrogen) atoms. The molecule has 9 rings (SSSR count). The van der Waals surface area contributed by atoms with Gasteiger partial charge in [-0.3, -0.25) is 0 Å². The van der Waals surface area contributed by atoms with Crippen LogP contribution in [0.15, 0.2) is 188 Å². The molecule has 0 unspecified atom stereocenters. The third kappa shape index (κ3) is 5.41. The number of benzene rings is 7. The van der Waals surface area contributed by atoms with E-state index in [2.05, 4.69) is 204 Å². The quantitative estimate of drug-likeness (QED) is 0.168. The van der Waals surface area contributed by atoms with Crippen LogP contribution in [0.25, 0.3) is 61.7 Å². The lowest BCUT2D eigenvalue weighted by molar-refractivity contribution is 1.03. The predicted octanol–water partition coefficient (Wildman–Crippen LogP) is 11.2. The minimum Gasteiger partial charge on any atom is -0.317 e. The molecule has 0 atom stereocenters. The Hall–Kier alpha value is -6.38. The van der Waals surface area contributed by atoms with E-state index in [0.717, 1.165) is 29.9 Å². The molecule has 0 bridgehead atoms. The van der Waals surface area contributed by atoms with Gasteiger partial charge in [-0.2, -0.15) is 0 Å². The molecule has 0 radical (unpaired) electrons. The van der Waals surface area contributed by atoms with Gasteiger partial charge in [0.05, 0.1) is 5.52 Å². The van der Waals surface area contributed by atoms with Crippen molar-refractivity contribution in [2.24, 2.45) is 0 Å². The molecule has 1 aliphatic rings. The van der Waals surface area contributed by atoms with Gasteiger partial charge >= 0.3 is 0 Å². The predicted molar refractivity (Wildman–Crippen MR) is 211 cm³/mol. The zero-order valence-corrected chi connectivity index (χ0v) is 27.8. The topological polar surface area (TPSA) is 8.17 Å². The van der Waals surface area contributed by atoms with Crippen LogP contribution in [-0.2, 0) is 0 Å². The van der Waals surface area contributed by atoms with Crippen molar-refractivity contribution >= 4 is 34.1 Å². The molecule has 0 saturated heterocycles. The Labute approximate surface area is 293 Å². The zero-order chi connectivity index (χ0) is 33.3. The van der Waals surface area contributed by atoms with Crippen molar-refractivity contribution in [2.45, 2.75) is 12.8 Å². The summed E-state index contributed by atoms with van der Waals surface area (Å²) in [5.41, 5.74) is 13.3. The molecule has 8 aromatic rings. The van der Waals surface area contributed by atoms with Gasteiger partial charge in [0.15, 0.2) is 0 Å². The standard InChI is InChI=1S/C48H36N2/c1-4-14-35(15-5-1)36-26-28-40(29-27-36)50(48-25-12-19-37-18-10-11-22-42(37)48)41-30-31-44(46(34-41)38-16-6-2-7-17-38)43-23-13-24-47-45(43)32-33-49(47)39-20-8-3-9-21-39/h1-11,13-24,26-34H,12,25H2. The molecular formula is C48H36N2. The minimum absolute atomic E-state index is 0.964. The average molecular weight is 641 g/mol. The van der Waals surface area contributed by atoms with Gasteiger partial charge in [-0.1, -0.05) is 140 Å². The Balaban J connectivity index is 1.25. The van der Waals surface area contributed by atoms with E-state index in [1.165, 1.54) is 60.4 Å². The second-order valence-corrected chi connectivity index (χ2v) is 12.9. The van der Waals surface area contributed by atoms with Crippen molar-refractivity contribution < 1.29 is 0 Å². The number of anilines is 2. The molecule has 0 amide bonds. The molecule has 0 N–H and O–H groups in total. The first kappa shape index (κ1) is 29.7. The van der Waals surface area contributed by atoms with Gasteiger partial charge in [0, 0.05) is 39.6 Å². The largest absolute Gasteiger partial charge is 0.317 e. The van der Waals surface area contributed by atoms with Gasteiger partial charge in [-0.05, 0) is 100.0 Å². The minimum atomic E-state index is 0.964. The van der Waals surface area contributed by atoms with Gasteiger partial charge in [-0.15, -0.1) is 0 Å². The number of nitrogens with zero attached hydrogens (tertiary/aromatic N) is 2. The maximum Gasteiger partial charge on any atom is 0.0534 e. The van der Waals surface area contributed by atoms with Crippen LogP contribution in [0.5, 0.6) is 0 Å². The molecule has 238 valence electrons. The van der Waals surface area contributed by atoms with Crippen LogP contribution in [0.3, 0.4) is 0 Å². The maximum absolute atomic E-state index is 2.49. The highest BCUT2D eigenvalue weighted by atomic mass is 15.1. The smallest absolute Gasteiger partial charge is 0.0534 e. The summed E-state index contributed by atoms with van der Waals surface area (Å²) < 4.78 is 2.28. The number of fused-ring (bicyclic) bond motifs is 2. The van der Waals surface area contributed by atoms with Gasteiger partial charge < -0.3 is 9.47 Å². The van der Waals surface area contributed by atoms with E-state index in [4.69, 9.17) is 0 Å². The first-order valence-corrected chi connectivity index (χ1v) is 17.4. The van der Waals surface area contributed by atoms with Gasteiger partial charge in [0.25, 0.3) is 0 Å². The Morgan fingerprint density at radius 2 is 1.12 bits per heavy atom. The summed E-state index contributed by atoms with van der Waals surface area (Å²) in [6, 6.07) is 65.9. The molecule has 0 fully saturated rings. The molecular weight excluding hydrogens is 605 g/mol. The fourth-order valence-electron chi connectivity index (χ4n) is 7.54. The third-order valence-corrected chi connectivity index (χ3v) is 9.92. The first-order chi connectivity index (χ1) is 24.8. The molecule has 0 spiro atoms. The van der Waals surface area contributed by atoms with Gasteiger partial charge in [0.2, 0.25) is 0 Å². The van der Waals surface area contributed by atoms with E-state index in [9.17, 15) is 0 Å². The lowest BCUT2D eigenvalue weighted by atomic mass is 9.91. The zero-order valence-electron chi connectivity index (χ0n) is 27.8. The molecule has 1 heterocycles. The molecule has 2 heteroatoms. The van der Waals surface area contributed by atoms with Crippen LogP contribution in [0.4, 0.5) is 11.4 Å². The van der Waals surface area contributed by atoms with Crippen LogP contribution in [-0.4, -0.2) is 4.57 Å². The van der Waals surface area contributed by atoms with E-state index in [-0.39, 0.29) is 0 Å². The molecule has 0 aliphatic heterocycles. The third-order valence-electron chi connectivity index (χ3n) is 9.92. The summed E-state index contributed by atoms with van der Waals surface area (Å²) in [5.74, 6) is 0. The summed E-state index contributed by atoms with van der Waals surface area (Å²) in [7, 11) is 0. The van der Waals surface area contributed by atoms with E-state index in [0.29, 0.717) is 0 Å². The Kier molecular flexibility index (Phi) is 7.68. The summed E-state index contributed by atoms with van der Waals surface area (Å²) in [4.78, 5) is 2.49. The Bertz CT molecular complexity index is 2560. The maximum atomic E-state index is 2.49. The summed E-state index contributed by atoms with van der Waals surface area (Å²) in [5, 5.41) is 3.83. The summed E-state index contributed by atoms with van der Waals surface area (Å²) >= 11 is 0. The van der Waals surface area contributed by atoms with E-state index >= 15 is 0 Å². The monoisotopic (exact) mass is 640 g/mol. The van der Waals surface area contributed by atoms with Crippen LogP contribution in [0.1, 0.15) is 12.8 Å². The normalized spacial score (nSPS) is 12.4. The fourth-order valence-corrected chi connectivity index (χ4v) is 7.54. The van der Waals surface area contributed by atoms with Crippen molar-refractivity contribution in [1.29, 1.82) is 0 Å². The Morgan fingerprint density at radius 3 is 1.90 bits per heavy atom. The molecule has 1 aromatic heterocycles. The first-order valence-electron chi connectivity index (χ1n) is 17.4. The van der Waals surface area contributed by atoms with Crippen molar-refractivity contribution in [1.82, 2.24) is 4.57 Å². The van der Waals surface area contributed by atoms with Crippen LogP contribution in [0, 0.1) is 0 Å². The van der Waals surface area contributed by atoms with Gasteiger partial charge in [0.1, 0.15) is 0 Å². The summed E-state index contributed by atoms with van der Waals surface area (Å²) in [6.45, 7) is 0. The highest BCUT2D eigenvalue weighted by Crippen LogP contribution is 2.42. The van der Waals surface area contributed by atoms with Crippen LogP contribution in [0.2, 0.25) is 0 Å². The number of hydrogen-bond donors (Lipinski definition) is 0. The molecule has 2 nitrogen and oxygen atoms in total. The number of para-hydroxylation sites is 1. The molecule has 0 saturated carbocycles. The molecule has 7 aromatic carbocycles. The second-order valence-electron chi connectivity index (χ2n) is 12.9. The van der Waals surface area contributed by atoms with Crippen molar-refractivity contribution in [2.75, 3.05) is 4.90 Å². The lowest BCUT2D eigenvalue weighted by Crippen LogP contribution is -2.34. The van der Waals surface area contributed by atoms with E-state index in [1.807, 2.05) is 0 Å². The van der Waals surface area contributed by atoms with Crippen LogP contribution >= 0.6 is 0 Å². The Morgan fingerprint density at radius 1 is 0.460 bits per heavy atom. The molecule has 1 aliphatic carbocycles. The van der Waals surface area contributed by atoms with Crippen molar-refractivity contribution in [3.05, 3.63) is 199 Å². The SMILES string of the molecule is C1=c2ccccc2=C(N(c2ccc(-c3ccccc3)cc2)c2ccc(-c3cccc4c3ccn4-c3ccccc3)c(-c3ccccc3)c2)CC1. The number of rotatable bonds is 7. The van der Waals surface area contributed by atoms with E-state index in [1.54, 1.807) is 0 Å². The average Bonchev–Trinajstić information content (AvgIpc) is 3.64. The highest BCUT2D eigenvalue weighted by molar-refractivity contribution is 6.01. The lowest BCUT2D eigenvalue weighted by Gasteiger charge is -2.30. The summed E-state index contributed by atoms with van der Waals surface area (Å²) in [6.07, 6.45) is 6.53. The number of aromatic nitrogens is 1. The fraction of sp³-hybridized carbons (Fsp3) is 0.0417.